The lowest BCUT2D eigenvalue weighted by Crippen LogP contribution is -2.47. The molecule has 1 N–H and O–H groups in total. The number of halogens is 1. The maximum absolute atomic E-state index is 12.2. The van der Waals surface area contributed by atoms with Crippen molar-refractivity contribution in [3.8, 4) is 0 Å². The molecule has 8 heteroatoms. The van der Waals surface area contributed by atoms with Gasteiger partial charge in [-0.1, -0.05) is 0 Å². The fourth-order valence-electron chi connectivity index (χ4n) is 3.14. The van der Waals surface area contributed by atoms with E-state index in [4.69, 9.17) is 4.74 Å². The number of rotatable bonds is 3. The first-order chi connectivity index (χ1) is 12.1. The van der Waals surface area contributed by atoms with Crippen LogP contribution in [0.2, 0.25) is 0 Å². The Bertz CT molecular complexity index is 865. The number of aromatic nitrogens is 2. The predicted octanol–water partition coefficient (Wildman–Crippen LogP) is 4.07. The Balaban J connectivity index is 1.78. The Morgan fingerprint density at radius 2 is 2.00 bits per heavy atom. The van der Waals surface area contributed by atoms with Crippen molar-refractivity contribution < 1.29 is 19.4 Å². The molecule has 2 heterocycles. The first-order valence-corrected chi connectivity index (χ1v) is 9.22. The summed E-state index contributed by atoms with van der Waals surface area (Å²) in [6.07, 6.45) is 2.76. The van der Waals surface area contributed by atoms with Gasteiger partial charge in [-0.3, -0.25) is 0 Å². The summed E-state index contributed by atoms with van der Waals surface area (Å²) in [5, 5.41) is 10.1. The zero-order valence-corrected chi connectivity index (χ0v) is 16.8. The lowest BCUT2D eigenvalue weighted by atomic mass is 9.85. The summed E-state index contributed by atoms with van der Waals surface area (Å²) >= 11 is 3.34. The van der Waals surface area contributed by atoms with Crippen molar-refractivity contribution in [2.45, 2.75) is 51.3 Å². The molecule has 0 radical (unpaired) electrons. The Labute approximate surface area is 160 Å². The highest BCUT2D eigenvalue weighted by atomic mass is 79.9. The van der Waals surface area contributed by atoms with Gasteiger partial charge in [0.2, 0.25) is 0 Å². The van der Waals surface area contributed by atoms with E-state index in [2.05, 4.69) is 20.9 Å². The highest BCUT2D eigenvalue weighted by Crippen LogP contribution is 2.39. The fourth-order valence-corrected chi connectivity index (χ4v) is 3.44. The second-order valence-corrected chi connectivity index (χ2v) is 8.44. The number of amides is 1. The summed E-state index contributed by atoms with van der Waals surface area (Å²) in [6.45, 7) is 5.52. The van der Waals surface area contributed by atoms with E-state index >= 15 is 0 Å². The van der Waals surface area contributed by atoms with Gasteiger partial charge < -0.3 is 19.3 Å². The van der Waals surface area contributed by atoms with Crippen molar-refractivity contribution in [3.63, 3.8) is 0 Å². The largest absolute Gasteiger partial charge is 0.478 e. The number of carbonyl (C=O) groups is 2. The summed E-state index contributed by atoms with van der Waals surface area (Å²) in [5.41, 5.74) is 0.349. The number of aromatic carboxylic acids is 1. The smallest absolute Gasteiger partial charge is 0.410 e. The van der Waals surface area contributed by atoms with Crippen LogP contribution < -0.4 is 0 Å². The monoisotopic (exact) mass is 423 g/mol. The summed E-state index contributed by atoms with van der Waals surface area (Å²) in [6, 6.07) is 3.66. The Kier molecular flexibility index (Phi) is 4.72. The Morgan fingerprint density at radius 3 is 2.58 bits per heavy atom. The SMILES string of the molecule is CN(C(=O)OC(C)(C)C)[C@H]1C[C@@H](n2cc(C(=O)O)c3ccc(Br)nc32)C1. The average Bonchev–Trinajstić information content (AvgIpc) is 2.82. The molecule has 0 aromatic carbocycles. The zero-order valence-electron chi connectivity index (χ0n) is 15.2. The predicted molar refractivity (Wildman–Crippen MR) is 100 cm³/mol. The quantitative estimate of drug-likeness (QED) is 0.751. The summed E-state index contributed by atoms with van der Waals surface area (Å²) in [4.78, 5) is 29.8. The van der Waals surface area contributed by atoms with E-state index in [-0.39, 0.29) is 23.7 Å². The molecule has 26 heavy (non-hydrogen) atoms. The van der Waals surface area contributed by atoms with Crippen LogP contribution in [0.4, 0.5) is 4.79 Å². The summed E-state index contributed by atoms with van der Waals surface area (Å²) in [5.74, 6) is -0.973. The molecule has 0 unspecified atom stereocenters. The van der Waals surface area contributed by atoms with Gasteiger partial charge in [-0.25, -0.2) is 14.6 Å². The number of ether oxygens (including phenoxy) is 1. The molecule has 1 amide bonds. The van der Waals surface area contributed by atoms with Gasteiger partial charge in [-0.2, -0.15) is 0 Å². The Hall–Kier alpha value is -2.09. The summed E-state index contributed by atoms with van der Waals surface area (Å²) < 4.78 is 7.96. The number of carboxylic acid groups (broad SMARTS) is 1. The molecule has 1 saturated carbocycles. The molecule has 2 aromatic heterocycles. The molecule has 1 aliphatic rings. The zero-order chi connectivity index (χ0) is 19.2. The van der Waals surface area contributed by atoms with E-state index in [9.17, 15) is 14.7 Å². The van der Waals surface area contributed by atoms with Gasteiger partial charge >= 0.3 is 12.1 Å². The molecule has 0 atom stereocenters. The molecule has 0 spiro atoms. The van der Waals surface area contributed by atoms with Gasteiger partial charge in [0.05, 0.1) is 5.56 Å². The van der Waals surface area contributed by atoms with Crippen LogP contribution >= 0.6 is 15.9 Å². The van der Waals surface area contributed by atoms with Crippen LogP contribution in [0, 0.1) is 0 Å². The highest BCUT2D eigenvalue weighted by molar-refractivity contribution is 9.10. The molecule has 1 aliphatic carbocycles. The van der Waals surface area contributed by atoms with Crippen molar-refractivity contribution in [2.24, 2.45) is 0 Å². The van der Waals surface area contributed by atoms with Crippen LogP contribution in [0.25, 0.3) is 11.0 Å². The molecule has 0 bridgehead atoms. The number of fused-ring (bicyclic) bond motifs is 1. The molecule has 2 aromatic rings. The van der Waals surface area contributed by atoms with E-state index in [1.165, 1.54) is 0 Å². The third-order valence-electron chi connectivity index (χ3n) is 4.59. The number of hydrogen-bond donors (Lipinski definition) is 1. The van der Waals surface area contributed by atoms with Crippen LogP contribution in [-0.4, -0.2) is 50.3 Å². The molecule has 1 fully saturated rings. The van der Waals surface area contributed by atoms with Gasteiger partial charge in [0.15, 0.2) is 0 Å². The third kappa shape index (κ3) is 3.56. The molecule has 0 saturated heterocycles. The molecular weight excluding hydrogens is 402 g/mol. The number of carboxylic acids is 1. The highest BCUT2D eigenvalue weighted by Gasteiger charge is 2.38. The molecular formula is C18H22BrN3O4. The van der Waals surface area contributed by atoms with Gasteiger partial charge in [0.25, 0.3) is 0 Å². The first-order valence-electron chi connectivity index (χ1n) is 8.43. The van der Waals surface area contributed by atoms with Crippen molar-refractivity contribution in [1.29, 1.82) is 0 Å². The van der Waals surface area contributed by atoms with Crippen LogP contribution in [-0.2, 0) is 4.74 Å². The van der Waals surface area contributed by atoms with Gasteiger partial charge in [-0.15, -0.1) is 0 Å². The Morgan fingerprint density at radius 1 is 1.35 bits per heavy atom. The number of hydrogen-bond acceptors (Lipinski definition) is 4. The minimum atomic E-state index is -0.973. The van der Waals surface area contributed by atoms with Gasteiger partial charge in [-0.05, 0) is 61.7 Å². The second-order valence-electron chi connectivity index (χ2n) is 7.63. The maximum atomic E-state index is 12.2. The standard InChI is InChI=1S/C18H22BrN3O4/c1-18(2,3)26-17(25)21(4)10-7-11(8-10)22-9-13(16(23)24)12-5-6-14(19)20-15(12)22/h5-6,9-11H,7-8H2,1-4H3,(H,23,24)/t10-,11+. The van der Waals surface area contributed by atoms with Crippen molar-refractivity contribution >= 4 is 39.0 Å². The van der Waals surface area contributed by atoms with Crippen molar-refractivity contribution in [1.82, 2.24) is 14.5 Å². The topological polar surface area (TPSA) is 84.7 Å². The molecule has 3 rings (SSSR count). The molecule has 7 nitrogen and oxygen atoms in total. The number of pyridine rings is 1. The fraction of sp³-hybridized carbons (Fsp3) is 0.500. The first kappa shape index (κ1) is 18.7. The lowest BCUT2D eigenvalue weighted by Gasteiger charge is -2.42. The van der Waals surface area contributed by atoms with E-state index < -0.39 is 11.6 Å². The maximum Gasteiger partial charge on any atom is 0.410 e. The lowest BCUT2D eigenvalue weighted by molar-refractivity contribution is 0.00809. The minimum Gasteiger partial charge on any atom is -0.478 e. The van der Waals surface area contributed by atoms with Crippen LogP contribution in [0.15, 0.2) is 22.9 Å². The van der Waals surface area contributed by atoms with Crippen molar-refractivity contribution in [3.05, 3.63) is 28.5 Å². The van der Waals surface area contributed by atoms with Crippen LogP contribution in [0.1, 0.15) is 50.0 Å². The van der Waals surface area contributed by atoms with E-state index in [0.717, 1.165) is 12.8 Å². The van der Waals surface area contributed by atoms with E-state index in [1.807, 2.05) is 25.3 Å². The average molecular weight is 424 g/mol. The molecule has 0 aliphatic heterocycles. The van der Waals surface area contributed by atoms with Gasteiger partial charge in [0, 0.05) is 30.7 Å². The number of carbonyl (C=O) groups excluding carboxylic acids is 1. The van der Waals surface area contributed by atoms with Gasteiger partial charge in [0.1, 0.15) is 15.9 Å². The third-order valence-corrected chi connectivity index (χ3v) is 5.03. The van der Waals surface area contributed by atoms with Crippen LogP contribution in [0.3, 0.4) is 0 Å². The second kappa shape index (κ2) is 6.57. The van der Waals surface area contributed by atoms with Crippen LogP contribution in [0.5, 0.6) is 0 Å². The summed E-state index contributed by atoms with van der Waals surface area (Å²) in [7, 11) is 1.74. The van der Waals surface area contributed by atoms with E-state index in [0.29, 0.717) is 15.6 Å². The normalized spacial score (nSPS) is 19.9. The number of nitrogens with zero attached hydrogens (tertiary/aromatic N) is 3. The van der Waals surface area contributed by atoms with E-state index in [1.54, 1.807) is 30.3 Å². The van der Waals surface area contributed by atoms with Crippen molar-refractivity contribution in [2.75, 3.05) is 7.05 Å². The minimum absolute atomic E-state index is 0.0627. The molecule has 140 valence electrons.